The maximum Gasteiger partial charge on any atom is 0.231 e. The molecular formula is C27H36FN3O3. The number of aromatic nitrogens is 2. The maximum atomic E-state index is 13.0. The molecule has 34 heavy (non-hydrogen) atoms. The molecule has 0 radical (unpaired) electrons. The molecule has 0 bridgehead atoms. The molecule has 7 heteroatoms. The van der Waals surface area contributed by atoms with Crippen molar-refractivity contribution >= 4 is 28.1 Å². The van der Waals surface area contributed by atoms with E-state index in [4.69, 9.17) is 0 Å². The molecule has 3 rings (SSSR count). The van der Waals surface area contributed by atoms with Crippen molar-refractivity contribution in [2.45, 2.75) is 72.3 Å². The van der Waals surface area contributed by atoms with Crippen LogP contribution in [-0.2, 0) is 4.79 Å². The number of amides is 1. The molecule has 2 aromatic rings. The molecule has 0 saturated heterocycles. The van der Waals surface area contributed by atoms with E-state index in [9.17, 15) is 19.4 Å². The summed E-state index contributed by atoms with van der Waals surface area (Å²) in [5.74, 6) is -2.51. The average Bonchev–Trinajstić information content (AvgIpc) is 3.51. The summed E-state index contributed by atoms with van der Waals surface area (Å²) in [5.41, 5.74) is 2.55. The van der Waals surface area contributed by atoms with E-state index in [2.05, 4.69) is 35.7 Å². The molecule has 0 spiro atoms. The van der Waals surface area contributed by atoms with Crippen molar-refractivity contribution in [1.29, 1.82) is 0 Å². The van der Waals surface area contributed by atoms with Crippen LogP contribution in [0.2, 0.25) is 0 Å². The third kappa shape index (κ3) is 7.05. The summed E-state index contributed by atoms with van der Waals surface area (Å²) in [4.78, 5) is 20.7. The van der Waals surface area contributed by atoms with Crippen molar-refractivity contribution in [2.75, 3.05) is 5.32 Å². The Balaban J connectivity index is 0.00000129. The van der Waals surface area contributed by atoms with Gasteiger partial charge in [0, 0.05) is 35.2 Å². The minimum Gasteiger partial charge on any atom is -0.362 e. The summed E-state index contributed by atoms with van der Waals surface area (Å²) in [5, 5.41) is 24.6. The van der Waals surface area contributed by atoms with Gasteiger partial charge >= 0.3 is 0 Å². The fraction of sp³-hybridized carbons (Fsp3) is 0.444. The summed E-state index contributed by atoms with van der Waals surface area (Å²) in [6, 6.07) is 3.58. The van der Waals surface area contributed by atoms with Crippen LogP contribution in [0.15, 0.2) is 54.4 Å². The lowest BCUT2D eigenvalue weighted by Crippen LogP contribution is -2.29. The van der Waals surface area contributed by atoms with Crippen molar-refractivity contribution in [2.24, 2.45) is 5.92 Å². The topological polar surface area (TPSA) is 95.3 Å². The van der Waals surface area contributed by atoms with Crippen molar-refractivity contribution in [1.82, 2.24) is 9.97 Å². The summed E-state index contributed by atoms with van der Waals surface area (Å²) in [6.07, 6.45) is 8.15. The van der Waals surface area contributed by atoms with Crippen LogP contribution in [0, 0.1) is 5.92 Å². The third-order valence-corrected chi connectivity index (χ3v) is 5.40. The molecule has 1 fully saturated rings. The van der Waals surface area contributed by atoms with Gasteiger partial charge in [0.05, 0.1) is 11.6 Å². The van der Waals surface area contributed by atoms with Crippen LogP contribution in [0.3, 0.4) is 0 Å². The monoisotopic (exact) mass is 469 g/mol. The molecule has 2 aromatic heterocycles. The lowest BCUT2D eigenvalue weighted by molar-refractivity contribution is -0.130. The van der Waals surface area contributed by atoms with E-state index < -0.39 is 17.9 Å². The zero-order valence-electron chi connectivity index (χ0n) is 20.7. The van der Waals surface area contributed by atoms with Gasteiger partial charge in [0.2, 0.25) is 5.91 Å². The van der Waals surface area contributed by atoms with Crippen LogP contribution >= 0.6 is 0 Å². The second-order valence-corrected chi connectivity index (χ2v) is 8.66. The first-order valence-corrected chi connectivity index (χ1v) is 11.8. The van der Waals surface area contributed by atoms with Crippen molar-refractivity contribution in [3.63, 3.8) is 0 Å². The fourth-order valence-corrected chi connectivity index (χ4v) is 3.45. The number of hydrogen-bond acceptors (Lipinski definition) is 5. The Morgan fingerprint density at radius 3 is 2.38 bits per heavy atom. The molecule has 0 aliphatic heterocycles. The second kappa shape index (κ2) is 12.0. The van der Waals surface area contributed by atoms with Gasteiger partial charge in [-0.3, -0.25) is 9.78 Å². The first-order valence-electron chi connectivity index (χ1n) is 11.8. The summed E-state index contributed by atoms with van der Waals surface area (Å²) >= 11 is 0. The maximum absolute atomic E-state index is 13.0. The lowest BCUT2D eigenvalue weighted by atomic mass is 9.96. The molecule has 184 valence electrons. The molecule has 1 aliphatic carbocycles. The van der Waals surface area contributed by atoms with E-state index in [1.54, 1.807) is 24.5 Å². The molecule has 1 aliphatic rings. The van der Waals surface area contributed by atoms with Crippen molar-refractivity contribution < 1.29 is 19.4 Å². The predicted molar refractivity (Wildman–Crippen MR) is 136 cm³/mol. The zero-order valence-corrected chi connectivity index (χ0v) is 20.7. The molecule has 2 atom stereocenters. The van der Waals surface area contributed by atoms with Gasteiger partial charge in [0.15, 0.2) is 5.79 Å². The van der Waals surface area contributed by atoms with E-state index in [0.29, 0.717) is 17.9 Å². The quantitative estimate of drug-likeness (QED) is 0.339. The molecule has 2 heterocycles. The Bertz CT molecular complexity index is 1090. The lowest BCUT2D eigenvalue weighted by Gasteiger charge is -2.22. The van der Waals surface area contributed by atoms with Gasteiger partial charge in [-0.05, 0) is 43.5 Å². The van der Waals surface area contributed by atoms with E-state index in [1.165, 1.54) is 6.42 Å². The average molecular weight is 470 g/mol. The highest BCUT2D eigenvalue weighted by atomic mass is 19.1. The Hall–Kier alpha value is -2.90. The Labute approximate surface area is 201 Å². The molecule has 0 aromatic carbocycles. The van der Waals surface area contributed by atoms with Crippen LogP contribution in [0.4, 0.5) is 10.2 Å². The van der Waals surface area contributed by atoms with E-state index in [0.717, 1.165) is 21.9 Å². The number of pyridine rings is 2. The van der Waals surface area contributed by atoms with Crippen LogP contribution in [0.25, 0.3) is 16.3 Å². The van der Waals surface area contributed by atoms with Crippen LogP contribution in [-0.4, -0.2) is 38.0 Å². The van der Waals surface area contributed by atoms with Gasteiger partial charge in [-0.1, -0.05) is 52.3 Å². The second-order valence-electron chi connectivity index (χ2n) is 8.66. The third-order valence-electron chi connectivity index (χ3n) is 5.40. The van der Waals surface area contributed by atoms with Gasteiger partial charge in [-0.2, -0.15) is 0 Å². The highest BCUT2D eigenvalue weighted by molar-refractivity contribution is 5.96. The van der Waals surface area contributed by atoms with Gasteiger partial charge in [0.25, 0.3) is 0 Å². The van der Waals surface area contributed by atoms with Crippen LogP contribution < -0.4 is 5.32 Å². The predicted octanol–water partition coefficient (Wildman–Crippen LogP) is 5.73. The first-order chi connectivity index (χ1) is 16.1. The van der Waals surface area contributed by atoms with E-state index >= 15 is 0 Å². The van der Waals surface area contributed by atoms with Gasteiger partial charge in [-0.25, -0.2) is 9.37 Å². The molecular weight excluding hydrogens is 433 g/mol. The number of anilines is 1. The number of nitrogens with one attached hydrogen (secondary N) is 1. The smallest absolute Gasteiger partial charge is 0.231 e. The zero-order chi connectivity index (χ0) is 25.5. The normalized spacial score (nSPS) is 18.2. The van der Waals surface area contributed by atoms with Gasteiger partial charge in [0.1, 0.15) is 12.0 Å². The minimum atomic E-state index is -1.95. The largest absolute Gasteiger partial charge is 0.362 e. The SMILES string of the molecule is C=C(/C=C(C)\C(=C/C)c1cc2cnc(NC(=O)C3CC3F)cc2cn1)C(O)(O)CCC.CCC. The highest BCUT2D eigenvalue weighted by Crippen LogP contribution is 2.35. The molecule has 1 saturated carbocycles. The summed E-state index contributed by atoms with van der Waals surface area (Å²) in [7, 11) is 0. The summed E-state index contributed by atoms with van der Waals surface area (Å²) in [6.45, 7) is 13.7. The first kappa shape index (κ1) is 27.3. The minimum absolute atomic E-state index is 0.201. The number of hydrogen-bond donors (Lipinski definition) is 3. The molecule has 1 amide bonds. The fourth-order valence-electron chi connectivity index (χ4n) is 3.45. The number of alkyl halides is 1. The van der Waals surface area contributed by atoms with E-state index in [-0.39, 0.29) is 24.3 Å². The number of allylic oxidation sites excluding steroid dienone is 3. The summed E-state index contributed by atoms with van der Waals surface area (Å²) < 4.78 is 13.0. The number of aliphatic hydroxyl groups is 2. The number of carbonyl (C=O) groups is 1. The Kier molecular flexibility index (Phi) is 9.65. The highest BCUT2D eigenvalue weighted by Gasteiger charge is 2.43. The van der Waals surface area contributed by atoms with Crippen molar-refractivity contribution in [3.8, 4) is 0 Å². The van der Waals surface area contributed by atoms with Crippen LogP contribution in [0.5, 0.6) is 0 Å². The van der Waals surface area contributed by atoms with Gasteiger partial charge < -0.3 is 15.5 Å². The number of nitrogens with zero attached hydrogens (tertiary/aromatic N) is 2. The molecule has 6 nitrogen and oxygen atoms in total. The number of halogens is 1. The van der Waals surface area contributed by atoms with Crippen LogP contribution in [0.1, 0.15) is 66.0 Å². The van der Waals surface area contributed by atoms with Crippen molar-refractivity contribution in [3.05, 3.63) is 60.1 Å². The Morgan fingerprint density at radius 1 is 1.24 bits per heavy atom. The Morgan fingerprint density at radius 2 is 1.82 bits per heavy atom. The number of rotatable bonds is 8. The van der Waals surface area contributed by atoms with Gasteiger partial charge in [-0.15, -0.1) is 0 Å². The van der Waals surface area contributed by atoms with E-state index in [1.807, 2.05) is 32.9 Å². The number of carbonyl (C=O) groups excluding carboxylic acids is 1. The number of fused-ring (bicyclic) bond motifs is 1. The standard InChI is InChI=1S/C24H28FN3O3.C3H8/c1-5-7-24(30,31)15(4)8-14(3)18(6-2)21-9-16-13-27-22(10-17(16)12-26-21)28-23(29)19-11-20(19)25;1-3-2/h6,8-10,12-13,19-20,30-31H,4-5,7,11H2,1-3H3,(H,27,28,29);3H2,1-2H3/b14-8-,18-6+;. The molecule has 3 N–H and O–H groups in total. The molecule has 2 unspecified atom stereocenters.